The smallest absolute Gasteiger partial charge is 0.308 e. The Morgan fingerprint density at radius 2 is 1.72 bits per heavy atom. The minimum absolute atomic E-state index is 0.00255. The first-order valence-electron chi connectivity index (χ1n) is 8.81. The van der Waals surface area contributed by atoms with Gasteiger partial charge in [0.05, 0.1) is 4.90 Å². The molecule has 0 aliphatic heterocycles. The zero-order valence-electron chi connectivity index (χ0n) is 16.5. The first kappa shape index (κ1) is 22.3. The second-order valence-electron chi connectivity index (χ2n) is 6.53. The SMILES string of the molecule is C=CS(=O)(=O)c1cccc(CC(C)N)c1-c1ccc(OC(C)=O)c(OC(C)=O)c1. The van der Waals surface area contributed by atoms with Crippen molar-refractivity contribution < 1.29 is 27.5 Å². The average molecular weight is 417 g/mol. The molecule has 0 saturated heterocycles. The van der Waals surface area contributed by atoms with Crippen molar-refractivity contribution in [2.24, 2.45) is 5.73 Å². The van der Waals surface area contributed by atoms with Crippen LogP contribution >= 0.6 is 0 Å². The molecule has 1 unspecified atom stereocenters. The zero-order chi connectivity index (χ0) is 21.8. The van der Waals surface area contributed by atoms with Gasteiger partial charge in [-0.2, -0.15) is 0 Å². The van der Waals surface area contributed by atoms with Crippen molar-refractivity contribution in [3.63, 3.8) is 0 Å². The summed E-state index contributed by atoms with van der Waals surface area (Å²) in [5, 5.41) is 0.877. The van der Waals surface area contributed by atoms with E-state index in [9.17, 15) is 18.0 Å². The number of carbonyl (C=O) groups is 2. The average Bonchev–Trinajstić information content (AvgIpc) is 2.61. The van der Waals surface area contributed by atoms with Crippen molar-refractivity contribution in [1.29, 1.82) is 0 Å². The van der Waals surface area contributed by atoms with Crippen molar-refractivity contribution >= 4 is 21.8 Å². The molecular weight excluding hydrogens is 394 g/mol. The zero-order valence-corrected chi connectivity index (χ0v) is 17.3. The van der Waals surface area contributed by atoms with Gasteiger partial charge in [-0.15, -0.1) is 0 Å². The summed E-state index contributed by atoms with van der Waals surface area (Å²) in [5.74, 6) is -1.14. The summed E-state index contributed by atoms with van der Waals surface area (Å²) >= 11 is 0. The van der Waals surface area contributed by atoms with Gasteiger partial charge in [0.15, 0.2) is 21.3 Å². The van der Waals surface area contributed by atoms with Crippen molar-refractivity contribution in [3.05, 3.63) is 53.9 Å². The Bertz CT molecular complexity index is 1060. The van der Waals surface area contributed by atoms with E-state index in [1.807, 2.05) is 6.92 Å². The molecule has 0 aliphatic carbocycles. The molecule has 7 nitrogen and oxygen atoms in total. The quantitative estimate of drug-likeness (QED) is 0.544. The summed E-state index contributed by atoms with van der Waals surface area (Å²) in [5.41, 5.74) is 7.54. The highest BCUT2D eigenvalue weighted by molar-refractivity contribution is 7.94. The molecule has 2 aromatic carbocycles. The second kappa shape index (κ2) is 9.02. The van der Waals surface area contributed by atoms with Crippen LogP contribution in [0.3, 0.4) is 0 Å². The van der Waals surface area contributed by atoms with Crippen LogP contribution in [-0.4, -0.2) is 26.4 Å². The monoisotopic (exact) mass is 417 g/mol. The van der Waals surface area contributed by atoms with Gasteiger partial charge in [0, 0.05) is 30.9 Å². The predicted octanol–water partition coefficient (Wildman–Crippen LogP) is 3.01. The number of hydrogen-bond donors (Lipinski definition) is 1. The lowest BCUT2D eigenvalue weighted by Crippen LogP contribution is -2.18. The molecule has 154 valence electrons. The number of ether oxygens (including phenoxy) is 2. The number of esters is 2. The van der Waals surface area contributed by atoms with Gasteiger partial charge in [0.2, 0.25) is 0 Å². The van der Waals surface area contributed by atoms with Gasteiger partial charge in [0.25, 0.3) is 0 Å². The third kappa shape index (κ3) is 5.52. The fourth-order valence-electron chi connectivity index (χ4n) is 2.89. The van der Waals surface area contributed by atoms with Gasteiger partial charge >= 0.3 is 11.9 Å². The molecule has 0 bridgehead atoms. The summed E-state index contributed by atoms with van der Waals surface area (Å²) in [6.45, 7) is 7.64. The van der Waals surface area contributed by atoms with Gasteiger partial charge in [0.1, 0.15) is 0 Å². The second-order valence-corrected chi connectivity index (χ2v) is 8.40. The van der Waals surface area contributed by atoms with Crippen LogP contribution in [-0.2, 0) is 25.8 Å². The van der Waals surface area contributed by atoms with E-state index >= 15 is 0 Å². The Morgan fingerprint density at radius 1 is 1.10 bits per heavy atom. The first-order chi connectivity index (χ1) is 13.5. The Balaban J connectivity index is 2.79. The van der Waals surface area contributed by atoms with Crippen molar-refractivity contribution in [2.45, 2.75) is 38.1 Å². The van der Waals surface area contributed by atoms with E-state index in [0.717, 1.165) is 5.41 Å². The highest BCUT2D eigenvalue weighted by atomic mass is 32.2. The summed E-state index contributed by atoms with van der Waals surface area (Å²) in [6, 6.07) is 9.17. The molecule has 0 heterocycles. The topological polar surface area (TPSA) is 113 Å². The third-order valence-corrected chi connectivity index (χ3v) is 5.31. The lowest BCUT2D eigenvalue weighted by Gasteiger charge is -2.17. The highest BCUT2D eigenvalue weighted by Crippen LogP contribution is 2.38. The molecule has 2 aromatic rings. The number of hydrogen-bond acceptors (Lipinski definition) is 7. The number of rotatable bonds is 7. The first-order valence-corrected chi connectivity index (χ1v) is 10.4. The van der Waals surface area contributed by atoms with Gasteiger partial charge in [-0.25, -0.2) is 8.42 Å². The number of nitrogens with two attached hydrogens (primary N) is 1. The summed E-state index contributed by atoms with van der Waals surface area (Å²) in [6.07, 6.45) is 0.421. The van der Waals surface area contributed by atoms with Crippen molar-refractivity contribution in [2.75, 3.05) is 0 Å². The van der Waals surface area contributed by atoms with E-state index in [-0.39, 0.29) is 22.4 Å². The Kier molecular flexibility index (Phi) is 6.94. The minimum atomic E-state index is -3.77. The van der Waals surface area contributed by atoms with E-state index in [1.54, 1.807) is 18.2 Å². The van der Waals surface area contributed by atoms with Crippen LogP contribution in [0, 0.1) is 0 Å². The van der Waals surface area contributed by atoms with Crippen molar-refractivity contribution in [3.8, 4) is 22.6 Å². The molecule has 0 spiro atoms. The molecule has 0 amide bonds. The lowest BCUT2D eigenvalue weighted by atomic mass is 9.95. The van der Waals surface area contributed by atoms with E-state index < -0.39 is 21.8 Å². The van der Waals surface area contributed by atoms with Gasteiger partial charge in [-0.3, -0.25) is 9.59 Å². The maximum Gasteiger partial charge on any atom is 0.308 e. The molecule has 0 saturated carbocycles. The van der Waals surface area contributed by atoms with Crippen LogP contribution in [0.5, 0.6) is 11.5 Å². The summed E-state index contributed by atoms with van der Waals surface area (Å²) < 4.78 is 35.5. The van der Waals surface area contributed by atoms with Crippen LogP contribution < -0.4 is 15.2 Å². The van der Waals surface area contributed by atoms with Crippen LogP contribution in [0.1, 0.15) is 26.3 Å². The molecule has 2 rings (SSSR count). The highest BCUT2D eigenvalue weighted by Gasteiger charge is 2.22. The molecule has 8 heteroatoms. The van der Waals surface area contributed by atoms with Gasteiger partial charge in [-0.1, -0.05) is 24.8 Å². The molecule has 0 aromatic heterocycles. The number of benzene rings is 2. The molecule has 0 aliphatic rings. The van der Waals surface area contributed by atoms with Crippen LogP contribution in [0.15, 0.2) is 53.3 Å². The van der Waals surface area contributed by atoms with E-state index in [2.05, 4.69) is 6.58 Å². The maximum absolute atomic E-state index is 12.6. The maximum atomic E-state index is 12.6. The Morgan fingerprint density at radius 3 is 2.28 bits per heavy atom. The molecular formula is C21H23NO6S. The molecule has 1 atom stereocenters. The van der Waals surface area contributed by atoms with Crippen LogP contribution in [0.25, 0.3) is 11.1 Å². The van der Waals surface area contributed by atoms with E-state index in [4.69, 9.17) is 15.2 Å². The van der Waals surface area contributed by atoms with E-state index in [0.29, 0.717) is 23.1 Å². The summed E-state index contributed by atoms with van der Waals surface area (Å²) in [7, 11) is -3.77. The minimum Gasteiger partial charge on any atom is -0.423 e. The fourth-order valence-corrected chi connectivity index (χ4v) is 3.87. The molecule has 0 fully saturated rings. The van der Waals surface area contributed by atoms with Gasteiger partial charge < -0.3 is 15.2 Å². The number of sulfone groups is 1. The van der Waals surface area contributed by atoms with E-state index in [1.165, 1.54) is 32.0 Å². The van der Waals surface area contributed by atoms with Crippen molar-refractivity contribution in [1.82, 2.24) is 0 Å². The molecule has 0 radical (unpaired) electrons. The largest absolute Gasteiger partial charge is 0.423 e. The fraction of sp³-hybridized carbons (Fsp3) is 0.238. The lowest BCUT2D eigenvalue weighted by molar-refractivity contribution is -0.134. The third-order valence-electron chi connectivity index (χ3n) is 3.92. The number of carbonyl (C=O) groups excluding carboxylic acids is 2. The van der Waals surface area contributed by atoms with Crippen LogP contribution in [0.4, 0.5) is 0 Å². The molecule has 2 N–H and O–H groups in total. The normalized spacial score (nSPS) is 12.1. The predicted molar refractivity (Wildman–Crippen MR) is 109 cm³/mol. The Labute approximate surface area is 170 Å². The molecule has 29 heavy (non-hydrogen) atoms. The van der Waals surface area contributed by atoms with Crippen LogP contribution in [0.2, 0.25) is 0 Å². The Hall–Kier alpha value is -2.97. The standard InChI is InChI=1S/C21H23NO6S/c1-5-29(25,26)20-8-6-7-16(11-13(2)22)21(20)17-9-10-18(27-14(3)23)19(12-17)28-15(4)24/h5-10,12-13H,1,11,22H2,2-4H3. The summed E-state index contributed by atoms with van der Waals surface area (Å²) in [4.78, 5) is 22.9. The van der Waals surface area contributed by atoms with Gasteiger partial charge in [-0.05, 0) is 42.7 Å².